The Kier molecular flexibility index (Phi) is 6.39. The van der Waals surface area contributed by atoms with Gasteiger partial charge in [0.25, 0.3) is 5.91 Å². The molecule has 0 bridgehead atoms. The molecule has 0 aliphatic rings. The summed E-state index contributed by atoms with van der Waals surface area (Å²) in [5.74, 6) is -0.159. The Morgan fingerprint density at radius 2 is 1.62 bits per heavy atom. The number of aromatic amines is 1. The van der Waals surface area contributed by atoms with Crippen LogP contribution in [0.5, 0.6) is 0 Å². The Morgan fingerprint density at radius 3 is 2.38 bits per heavy atom. The van der Waals surface area contributed by atoms with E-state index in [9.17, 15) is 13.2 Å². The topological polar surface area (TPSA) is 91.1 Å². The van der Waals surface area contributed by atoms with Crippen LogP contribution >= 0.6 is 0 Å². The van der Waals surface area contributed by atoms with Crippen molar-refractivity contribution in [1.29, 1.82) is 0 Å². The van der Waals surface area contributed by atoms with Gasteiger partial charge in [-0.05, 0) is 54.8 Å². The van der Waals surface area contributed by atoms with Gasteiger partial charge in [-0.25, -0.2) is 13.1 Å². The molecule has 7 heteroatoms. The summed E-state index contributed by atoms with van der Waals surface area (Å²) < 4.78 is 27.3. The molecule has 1 aromatic heterocycles. The summed E-state index contributed by atoms with van der Waals surface area (Å²) in [5.41, 5.74) is 3.55. The third kappa shape index (κ3) is 5.07. The van der Waals surface area contributed by atoms with Gasteiger partial charge in [0.05, 0.1) is 4.90 Å². The molecule has 4 rings (SSSR count). The predicted octanol–water partition coefficient (Wildman–Crippen LogP) is 4.01. The second kappa shape index (κ2) is 9.38. The summed E-state index contributed by atoms with van der Waals surface area (Å²) in [4.78, 5) is 16.1. The summed E-state index contributed by atoms with van der Waals surface area (Å²) in [6, 6.07) is 23.2. The monoisotopic (exact) mass is 447 g/mol. The average molecular weight is 448 g/mol. The Hall–Kier alpha value is -3.42. The van der Waals surface area contributed by atoms with Crippen LogP contribution in [0, 0.1) is 0 Å². The lowest BCUT2D eigenvalue weighted by atomic mass is 10.1. The number of hydrogen-bond donors (Lipinski definition) is 3. The smallest absolute Gasteiger partial charge is 0.251 e. The van der Waals surface area contributed by atoms with Crippen LogP contribution in [0.3, 0.4) is 0 Å². The van der Waals surface area contributed by atoms with Gasteiger partial charge in [-0.3, -0.25) is 4.79 Å². The van der Waals surface area contributed by atoms with Gasteiger partial charge in [-0.1, -0.05) is 48.5 Å². The molecule has 0 radical (unpaired) electrons. The molecule has 6 nitrogen and oxygen atoms in total. The SMILES string of the molecule is C[C@H](Cc1c[nH]c2ccccc12)NC(=O)c1ccc(CNS(=O)(=O)c2ccccc2)cc1. The number of H-pyrrole nitrogens is 1. The number of carbonyl (C=O) groups excluding carboxylic acids is 1. The largest absolute Gasteiger partial charge is 0.361 e. The molecule has 0 saturated carbocycles. The van der Waals surface area contributed by atoms with Gasteiger partial charge in [0.1, 0.15) is 0 Å². The van der Waals surface area contributed by atoms with Crippen LogP contribution in [0.4, 0.5) is 0 Å². The zero-order valence-electron chi connectivity index (χ0n) is 17.7. The molecule has 0 saturated heterocycles. The fourth-order valence-corrected chi connectivity index (χ4v) is 4.66. The second-order valence-corrected chi connectivity index (χ2v) is 9.54. The average Bonchev–Trinajstić information content (AvgIpc) is 3.21. The minimum atomic E-state index is -3.57. The number of para-hydroxylation sites is 1. The van der Waals surface area contributed by atoms with E-state index in [2.05, 4.69) is 21.1 Å². The molecule has 1 atom stereocenters. The third-order valence-corrected chi connectivity index (χ3v) is 6.73. The van der Waals surface area contributed by atoms with Crippen molar-refractivity contribution in [3.05, 3.63) is 102 Å². The Labute approximate surface area is 187 Å². The van der Waals surface area contributed by atoms with E-state index < -0.39 is 10.0 Å². The highest BCUT2D eigenvalue weighted by atomic mass is 32.2. The summed E-state index contributed by atoms with van der Waals surface area (Å²) >= 11 is 0. The van der Waals surface area contributed by atoms with Gasteiger partial charge in [-0.2, -0.15) is 0 Å². The van der Waals surface area contributed by atoms with Crippen molar-refractivity contribution in [1.82, 2.24) is 15.0 Å². The molecule has 0 aliphatic heterocycles. The number of hydrogen-bond acceptors (Lipinski definition) is 3. The summed E-state index contributed by atoms with van der Waals surface area (Å²) in [6.07, 6.45) is 2.70. The maximum absolute atomic E-state index is 12.6. The molecular weight excluding hydrogens is 422 g/mol. The first-order valence-corrected chi connectivity index (χ1v) is 11.9. The molecular formula is C25H25N3O3S. The molecule has 4 aromatic rings. The second-order valence-electron chi connectivity index (χ2n) is 7.77. The molecule has 3 aromatic carbocycles. The van der Waals surface area contributed by atoms with Gasteiger partial charge >= 0.3 is 0 Å². The highest BCUT2D eigenvalue weighted by Crippen LogP contribution is 2.19. The number of carbonyl (C=O) groups is 1. The van der Waals surface area contributed by atoms with E-state index in [1.165, 1.54) is 0 Å². The van der Waals surface area contributed by atoms with Crippen molar-refractivity contribution in [3.8, 4) is 0 Å². The molecule has 3 N–H and O–H groups in total. The van der Waals surface area contributed by atoms with E-state index in [0.29, 0.717) is 5.56 Å². The molecule has 1 amide bonds. The van der Waals surface area contributed by atoms with Gasteiger partial charge in [0.15, 0.2) is 0 Å². The van der Waals surface area contributed by atoms with Crippen LogP contribution < -0.4 is 10.0 Å². The van der Waals surface area contributed by atoms with Crippen LogP contribution in [0.1, 0.15) is 28.4 Å². The maximum atomic E-state index is 12.6. The summed E-state index contributed by atoms with van der Waals surface area (Å²) in [5, 5.41) is 4.19. The molecule has 0 unspecified atom stereocenters. The third-order valence-electron chi connectivity index (χ3n) is 5.31. The number of amides is 1. The first kappa shape index (κ1) is 21.8. The van der Waals surface area contributed by atoms with Gasteiger partial charge in [0.2, 0.25) is 10.0 Å². The zero-order chi connectivity index (χ0) is 22.6. The zero-order valence-corrected chi connectivity index (χ0v) is 18.5. The van der Waals surface area contributed by atoms with Crippen LogP contribution in [0.2, 0.25) is 0 Å². The first-order valence-electron chi connectivity index (χ1n) is 10.4. The molecule has 0 spiro atoms. The fourth-order valence-electron chi connectivity index (χ4n) is 3.62. The van der Waals surface area contributed by atoms with E-state index >= 15 is 0 Å². The Bertz CT molecular complexity index is 1310. The number of benzene rings is 3. The van der Waals surface area contributed by atoms with Crippen LogP contribution in [0.15, 0.2) is 90.0 Å². The van der Waals surface area contributed by atoms with Crippen molar-refractivity contribution in [2.75, 3.05) is 0 Å². The lowest BCUT2D eigenvalue weighted by Gasteiger charge is -2.14. The number of aromatic nitrogens is 1. The first-order chi connectivity index (χ1) is 15.4. The quantitative estimate of drug-likeness (QED) is 0.381. The van der Waals surface area contributed by atoms with Crippen LogP contribution in [-0.2, 0) is 23.0 Å². The molecule has 164 valence electrons. The van der Waals surface area contributed by atoms with E-state index in [1.54, 1.807) is 54.6 Å². The van der Waals surface area contributed by atoms with Crippen molar-refractivity contribution < 1.29 is 13.2 Å². The van der Waals surface area contributed by atoms with Gasteiger partial charge < -0.3 is 10.3 Å². The van der Waals surface area contributed by atoms with E-state index in [0.717, 1.165) is 28.5 Å². The highest BCUT2D eigenvalue weighted by molar-refractivity contribution is 7.89. The maximum Gasteiger partial charge on any atom is 0.251 e. The molecule has 1 heterocycles. The lowest BCUT2D eigenvalue weighted by molar-refractivity contribution is 0.0940. The van der Waals surface area contributed by atoms with Crippen molar-refractivity contribution in [3.63, 3.8) is 0 Å². The summed E-state index contributed by atoms with van der Waals surface area (Å²) in [6.45, 7) is 2.13. The standard InChI is InChI=1S/C25H25N3O3S/c1-18(15-21-17-26-24-10-6-5-9-23(21)24)28-25(29)20-13-11-19(12-14-20)16-27-32(30,31)22-7-3-2-4-8-22/h2-14,17-18,26-27H,15-16H2,1H3,(H,28,29)/t18-/m1/s1. The van der Waals surface area contributed by atoms with Gasteiger partial charge in [0, 0.05) is 35.2 Å². The minimum absolute atomic E-state index is 0.0425. The lowest BCUT2D eigenvalue weighted by Crippen LogP contribution is -2.34. The van der Waals surface area contributed by atoms with E-state index in [4.69, 9.17) is 0 Å². The predicted molar refractivity (Wildman–Crippen MR) is 126 cm³/mol. The van der Waals surface area contributed by atoms with E-state index in [-0.39, 0.29) is 23.4 Å². The fraction of sp³-hybridized carbons (Fsp3) is 0.160. The number of fused-ring (bicyclic) bond motifs is 1. The molecule has 0 fully saturated rings. The molecule has 32 heavy (non-hydrogen) atoms. The van der Waals surface area contributed by atoms with Crippen LogP contribution in [-0.4, -0.2) is 25.4 Å². The number of rotatable bonds is 8. The van der Waals surface area contributed by atoms with Crippen LogP contribution in [0.25, 0.3) is 10.9 Å². The van der Waals surface area contributed by atoms with Gasteiger partial charge in [-0.15, -0.1) is 0 Å². The summed E-state index contributed by atoms with van der Waals surface area (Å²) in [7, 11) is -3.57. The van der Waals surface area contributed by atoms with Crippen molar-refractivity contribution in [2.45, 2.75) is 30.8 Å². The number of nitrogens with one attached hydrogen (secondary N) is 3. The van der Waals surface area contributed by atoms with E-state index in [1.807, 2.05) is 31.3 Å². The highest BCUT2D eigenvalue weighted by Gasteiger charge is 2.14. The minimum Gasteiger partial charge on any atom is -0.361 e. The van der Waals surface area contributed by atoms with Crippen molar-refractivity contribution in [2.24, 2.45) is 0 Å². The Morgan fingerprint density at radius 1 is 0.938 bits per heavy atom. The van der Waals surface area contributed by atoms with Crippen molar-refractivity contribution >= 4 is 26.8 Å². The normalized spacial score (nSPS) is 12.5. The molecule has 0 aliphatic carbocycles. The number of sulfonamides is 1. The Balaban J connectivity index is 1.33.